The maximum absolute atomic E-state index is 5.79. The second kappa shape index (κ2) is 4.75. The minimum Gasteiger partial charge on any atom is -0.480 e. The number of pyridine rings is 1. The number of aromatic nitrogens is 1. The number of hydrogen-bond acceptors (Lipinski definition) is 3. The van der Waals surface area contributed by atoms with Gasteiger partial charge in [0.05, 0.1) is 18.5 Å². The Bertz CT molecular complexity index is 538. The number of nitrogens with two attached hydrogens (primary N) is 1. The van der Waals surface area contributed by atoms with Gasteiger partial charge in [0, 0.05) is 10.0 Å². The third-order valence-electron chi connectivity index (χ3n) is 2.49. The van der Waals surface area contributed by atoms with Gasteiger partial charge in [0.2, 0.25) is 5.88 Å². The SMILES string of the molecule is COc1nc(-c2ccc(C)cc2)c(Br)cc1N. The largest absolute Gasteiger partial charge is 0.480 e. The van der Waals surface area contributed by atoms with E-state index in [0.29, 0.717) is 11.6 Å². The van der Waals surface area contributed by atoms with Crippen molar-refractivity contribution in [3.05, 3.63) is 40.4 Å². The molecule has 2 rings (SSSR count). The van der Waals surface area contributed by atoms with Crippen molar-refractivity contribution in [2.24, 2.45) is 0 Å². The maximum Gasteiger partial charge on any atom is 0.237 e. The van der Waals surface area contributed by atoms with Crippen LogP contribution in [0, 0.1) is 6.92 Å². The van der Waals surface area contributed by atoms with Crippen LogP contribution in [0.25, 0.3) is 11.3 Å². The van der Waals surface area contributed by atoms with Gasteiger partial charge in [-0.15, -0.1) is 0 Å². The zero-order valence-corrected chi connectivity index (χ0v) is 11.3. The standard InChI is InChI=1S/C13H13BrN2O/c1-8-3-5-9(6-4-8)12-10(14)7-11(15)13(16-12)17-2/h3-7H,15H2,1-2H3. The molecular weight excluding hydrogens is 280 g/mol. The Labute approximate surface area is 109 Å². The van der Waals surface area contributed by atoms with Crippen LogP contribution in [0.4, 0.5) is 5.69 Å². The summed E-state index contributed by atoms with van der Waals surface area (Å²) in [5, 5.41) is 0. The van der Waals surface area contributed by atoms with Gasteiger partial charge in [0.1, 0.15) is 0 Å². The van der Waals surface area contributed by atoms with Crippen LogP contribution >= 0.6 is 15.9 Å². The third kappa shape index (κ3) is 2.42. The molecule has 0 unspecified atom stereocenters. The lowest BCUT2D eigenvalue weighted by Gasteiger charge is -2.09. The number of benzene rings is 1. The fourth-order valence-electron chi connectivity index (χ4n) is 1.56. The highest BCUT2D eigenvalue weighted by Crippen LogP contribution is 2.32. The molecule has 0 amide bonds. The summed E-state index contributed by atoms with van der Waals surface area (Å²) in [5.41, 5.74) is 9.38. The molecule has 1 heterocycles. The molecular formula is C13H13BrN2O. The topological polar surface area (TPSA) is 48.1 Å². The molecule has 0 saturated carbocycles. The van der Waals surface area contributed by atoms with Crippen molar-refractivity contribution >= 4 is 21.6 Å². The number of nitrogens with zero attached hydrogens (tertiary/aromatic N) is 1. The first kappa shape index (κ1) is 11.9. The summed E-state index contributed by atoms with van der Waals surface area (Å²) in [4.78, 5) is 4.40. The van der Waals surface area contributed by atoms with Crippen molar-refractivity contribution in [1.82, 2.24) is 4.98 Å². The molecule has 0 bridgehead atoms. The predicted molar refractivity (Wildman–Crippen MR) is 73.1 cm³/mol. The van der Waals surface area contributed by atoms with Gasteiger partial charge in [0.25, 0.3) is 0 Å². The van der Waals surface area contributed by atoms with Crippen LogP contribution in [0.2, 0.25) is 0 Å². The van der Waals surface area contributed by atoms with Crippen LogP contribution in [-0.2, 0) is 0 Å². The molecule has 0 aliphatic rings. The summed E-state index contributed by atoms with van der Waals surface area (Å²) < 4.78 is 5.99. The molecule has 3 nitrogen and oxygen atoms in total. The number of methoxy groups -OCH3 is 1. The first-order chi connectivity index (χ1) is 8.11. The minimum absolute atomic E-state index is 0.448. The maximum atomic E-state index is 5.79. The van der Waals surface area contributed by atoms with Crippen LogP contribution < -0.4 is 10.5 Å². The molecule has 1 aromatic carbocycles. The lowest BCUT2D eigenvalue weighted by Crippen LogP contribution is -1.97. The third-order valence-corrected chi connectivity index (χ3v) is 3.09. The first-order valence-electron chi connectivity index (χ1n) is 5.19. The smallest absolute Gasteiger partial charge is 0.237 e. The van der Waals surface area contributed by atoms with Gasteiger partial charge in [0.15, 0.2) is 0 Å². The number of hydrogen-bond donors (Lipinski definition) is 1. The zero-order valence-electron chi connectivity index (χ0n) is 9.70. The predicted octanol–water partition coefficient (Wildman–Crippen LogP) is 3.41. The van der Waals surface area contributed by atoms with Gasteiger partial charge in [-0.05, 0) is 28.9 Å². The van der Waals surface area contributed by atoms with Crippen LogP contribution in [0.1, 0.15) is 5.56 Å². The van der Waals surface area contributed by atoms with Crippen LogP contribution in [0.3, 0.4) is 0 Å². The van der Waals surface area contributed by atoms with E-state index >= 15 is 0 Å². The van der Waals surface area contributed by atoms with Gasteiger partial charge in [-0.2, -0.15) is 0 Å². The Kier molecular flexibility index (Phi) is 3.33. The highest BCUT2D eigenvalue weighted by molar-refractivity contribution is 9.10. The van der Waals surface area contributed by atoms with Gasteiger partial charge >= 0.3 is 0 Å². The minimum atomic E-state index is 0.448. The monoisotopic (exact) mass is 292 g/mol. The lowest BCUT2D eigenvalue weighted by atomic mass is 10.1. The van der Waals surface area contributed by atoms with Crippen molar-refractivity contribution in [3.8, 4) is 17.1 Å². The molecule has 0 radical (unpaired) electrons. The van der Waals surface area contributed by atoms with Gasteiger partial charge in [-0.1, -0.05) is 29.8 Å². The second-order valence-electron chi connectivity index (χ2n) is 3.78. The second-order valence-corrected chi connectivity index (χ2v) is 4.64. The molecule has 0 spiro atoms. The van der Waals surface area contributed by atoms with E-state index in [-0.39, 0.29) is 0 Å². The first-order valence-corrected chi connectivity index (χ1v) is 5.98. The van der Waals surface area contributed by atoms with Crippen molar-refractivity contribution in [2.45, 2.75) is 6.92 Å². The number of nitrogen functional groups attached to an aromatic ring is 1. The van der Waals surface area contributed by atoms with Crippen LogP contribution in [-0.4, -0.2) is 12.1 Å². The van der Waals surface area contributed by atoms with Crippen molar-refractivity contribution < 1.29 is 4.74 Å². The van der Waals surface area contributed by atoms with Crippen molar-refractivity contribution in [3.63, 3.8) is 0 Å². The molecule has 88 valence electrons. The number of aryl methyl sites for hydroxylation is 1. The lowest BCUT2D eigenvalue weighted by molar-refractivity contribution is 0.400. The Hall–Kier alpha value is -1.55. The molecule has 1 aromatic heterocycles. The number of anilines is 1. The Morgan fingerprint density at radius 3 is 2.47 bits per heavy atom. The molecule has 2 N–H and O–H groups in total. The molecule has 0 fully saturated rings. The van der Waals surface area contributed by atoms with E-state index in [1.807, 2.05) is 24.3 Å². The summed E-state index contributed by atoms with van der Waals surface area (Å²) >= 11 is 3.47. The summed E-state index contributed by atoms with van der Waals surface area (Å²) in [6.45, 7) is 2.05. The van der Waals surface area contributed by atoms with E-state index in [2.05, 4.69) is 27.8 Å². The van der Waals surface area contributed by atoms with E-state index in [1.54, 1.807) is 13.2 Å². The quantitative estimate of drug-likeness (QED) is 0.923. The molecule has 2 aromatic rings. The van der Waals surface area contributed by atoms with Crippen LogP contribution in [0.5, 0.6) is 5.88 Å². The Balaban J connectivity index is 2.55. The average molecular weight is 293 g/mol. The number of rotatable bonds is 2. The van der Waals surface area contributed by atoms with Gasteiger partial charge in [-0.25, -0.2) is 4.98 Å². The zero-order chi connectivity index (χ0) is 12.4. The highest BCUT2D eigenvalue weighted by atomic mass is 79.9. The Morgan fingerprint density at radius 1 is 1.24 bits per heavy atom. The Morgan fingerprint density at radius 2 is 1.88 bits per heavy atom. The summed E-state index contributed by atoms with van der Waals surface area (Å²) in [6.07, 6.45) is 0. The van der Waals surface area contributed by atoms with Crippen molar-refractivity contribution in [1.29, 1.82) is 0 Å². The molecule has 0 atom stereocenters. The summed E-state index contributed by atoms with van der Waals surface area (Å²) in [5.74, 6) is 0.448. The van der Waals surface area contributed by atoms with E-state index in [9.17, 15) is 0 Å². The molecule has 0 saturated heterocycles. The number of halogens is 1. The summed E-state index contributed by atoms with van der Waals surface area (Å²) in [7, 11) is 1.56. The van der Waals surface area contributed by atoms with E-state index < -0.39 is 0 Å². The highest BCUT2D eigenvalue weighted by Gasteiger charge is 2.10. The van der Waals surface area contributed by atoms with Crippen LogP contribution in [0.15, 0.2) is 34.8 Å². The normalized spacial score (nSPS) is 10.3. The fraction of sp³-hybridized carbons (Fsp3) is 0.154. The van der Waals surface area contributed by atoms with Gasteiger partial charge < -0.3 is 10.5 Å². The van der Waals surface area contributed by atoms with E-state index in [0.717, 1.165) is 15.7 Å². The van der Waals surface area contributed by atoms with Crippen molar-refractivity contribution in [2.75, 3.05) is 12.8 Å². The summed E-state index contributed by atoms with van der Waals surface area (Å²) in [6, 6.07) is 9.95. The van der Waals surface area contributed by atoms with Gasteiger partial charge in [-0.3, -0.25) is 0 Å². The molecule has 4 heteroatoms. The fourth-order valence-corrected chi connectivity index (χ4v) is 2.13. The molecule has 0 aliphatic carbocycles. The van der Waals surface area contributed by atoms with E-state index in [4.69, 9.17) is 10.5 Å². The average Bonchev–Trinajstić information content (AvgIpc) is 2.31. The van der Waals surface area contributed by atoms with E-state index in [1.165, 1.54) is 5.56 Å². The number of ether oxygens (including phenoxy) is 1. The molecule has 0 aliphatic heterocycles. The molecule has 17 heavy (non-hydrogen) atoms.